The van der Waals surface area contributed by atoms with Crippen LogP contribution in [0.4, 0.5) is 5.82 Å². The van der Waals surface area contributed by atoms with E-state index in [1.807, 2.05) is 0 Å². The first-order valence-electron chi connectivity index (χ1n) is 5.17. The summed E-state index contributed by atoms with van der Waals surface area (Å²) in [5.41, 5.74) is 3.85. The maximum Gasteiger partial charge on any atom is 0.346 e. The van der Waals surface area contributed by atoms with Crippen LogP contribution in [0.15, 0.2) is 9.59 Å². The summed E-state index contributed by atoms with van der Waals surface area (Å²) in [6, 6.07) is 0. The molecule has 0 aliphatic carbocycles. The highest BCUT2D eigenvalue weighted by Crippen LogP contribution is 1.88. The summed E-state index contributed by atoms with van der Waals surface area (Å²) in [6.45, 7) is 0.282. The van der Waals surface area contributed by atoms with Crippen molar-refractivity contribution in [3.8, 4) is 0 Å². The molecule has 100 valence electrons. The van der Waals surface area contributed by atoms with Gasteiger partial charge in [-0.3, -0.25) is 14.2 Å². The summed E-state index contributed by atoms with van der Waals surface area (Å²) in [5, 5.41) is 6.49. The molecule has 0 spiro atoms. The van der Waals surface area contributed by atoms with Crippen LogP contribution in [-0.4, -0.2) is 40.0 Å². The number of amides is 1. The van der Waals surface area contributed by atoms with Crippen molar-refractivity contribution in [2.24, 2.45) is 19.8 Å². The van der Waals surface area contributed by atoms with Crippen LogP contribution in [0.1, 0.15) is 0 Å². The van der Waals surface area contributed by atoms with Crippen LogP contribution in [0.25, 0.3) is 0 Å². The zero-order valence-corrected chi connectivity index (χ0v) is 10.2. The van der Waals surface area contributed by atoms with Crippen LogP contribution < -0.4 is 22.3 Å². The zero-order chi connectivity index (χ0) is 13.7. The number of nitrogens with zero attached hydrogens (tertiary/aromatic N) is 3. The standard InChI is InChI=1S/C9H15N5O4/c1-13-8(16)7(12-14(2)9(13)17)11-3-4-18-5-6(10)15/h3-5H2,1-2H3,(H2,10,15)(H,11,12). The minimum absolute atomic E-state index is 0.0438. The molecule has 0 saturated heterocycles. The quantitative estimate of drug-likeness (QED) is 0.539. The number of aryl methyl sites for hydroxylation is 1. The second kappa shape index (κ2) is 5.96. The molecule has 1 aromatic rings. The number of hydrogen-bond acceptors (Lipinski definition) is 6. The van der Waals surface area contributed by atoms with Gasteiger partial charge in [0.15, 0.2) is 0 Å². The topological polar surface area (TPSA) is 121 Å². The van der Waals surface area contributed by atoms with Gasteiger partial charge in [0, 0.05) is 20.6 Å². The Morgan fingerprint density at radius 3 is 2.72 bits per heavy atom. The van der Waals surface area contributed by atoms with Crippen molar-refractivity contribution in [2.75, 3.05) is 25.1 Å². The van der Waals surface area contributed by atoms with Crippen LogP contribution in [0, 0.1) is 0 Å². The number of nitrogens with two attached hydrogens (primary N) is 1. The number of aromatic nitrogens is 3. The van der Waals surface area contributed by atoms with Gasteiger partial charge < -0.3 is 15.8 Å². The first-order chi connectivity index (χ1) is 8.43. The predicted octanol–water partition coefficient (Wildman–Crippen LogP) is -2.61. The van der Waals surface area contributed by atoms with Crippen molar-refractivity contribution in [3.63, 3.8) is 0 Å². The number of anilines is 1. The van der Waals surface area contributed by atoms with Crippen molar-refractivity contribution >= 4 is 11.7 Å². The summed E-state index contributed by atoms with van der Waals surface area (Å²) in [6.07, 6.45) is 0. The summed E-state index contributed by atoms with van der Waals surface area (Å²) in [4.78, 5) is 33.4. The molecule has 0 fully saturated rings. The molecule has 0 unspecified atom stereocenters. The van der Waals surface area contributed by atoms with E-state index in [-0.39, 0.29) is 25.6 Å². The molecule has 0 aromatic carbocycles. The molecule has 0 radical (unpaired) electrons. The number of carbonyl (C=O) groups excluding carboxylic acids is 1. The molecule has 9 nitrogen and oxygen atoms in total. The van der Waals surface area contributed by atoms with Gasteiger partial charge in [0.05, 0.1) is 6.61 Å². The van der Waals surface area contributed by atoms with E-state index in [4.69, 9.17) is 10.5 Å². The number of ether oxygens (including phenoxy) is 1. The third-order valence-electron chi connectivity index (χ3n) is 2.10. The van der Waals surface area contributed by atoms with Gasteiger partial charge in [-0.2, -0.15) is 0 Å². The lowest BCUT2D eigenvalue weighted by Gasteiger charge is -2.07. The van der Waals surface area contributed by atoms with Gasteiger partial charge in [0.25, 0.3) is 5.56 Å². The van der Waals surface area contributed by atoms with Gasteiger partial charge in [-0.15, -0.1) is 5.10 Å². The lowest BCUT2D eigenvalue weighted by molar-refractivity contribution is -0.122. The van der Waals surface area contributed by atoms with E-state index in [9.17, 15) is 14.4 Å². The maximum atomic E-state index is 11.6. The molecule has 0 atom stereocenters. The van der Waals surface area contributed by atoms with Crippen molar-refractivity contribution in [1.29, 1.82) is 0 Å². The van der Waals surface area contributed by atoms with E-state index in [2.05, 4.69) is 10.4 Å². The summed E-state index contributed by atoms with van der Waals surface area (Å²) >= 11 is 0. The van der Waals surface area contributed by atoms with Crippen molar-refractivity contribution in [1.82, 2.24) is 14.3 Å². The fourth-order valence-corrected chi connectivity index (χ4v) is 1.22. The van der Waals surface area contributed by atoms with Gasteiger partial charge >= 0.3 is 5.69 Å². The zero-order valence-electron chi connectivity index (χ0n) is 10.2. The Kier molecular flexibility index (Phi) is 4.60. The Morgan fingerprint density at radius 1 is 1.44 bits per heavy atom. The summed E-state index contributed by atoms with van der Waals surface area (Å²) in [7, 11) is 2.80. The molecular weight excluding hydrogens is 242 g/mol. The molecule has 0 aliphatic rings. The fourth-order valence-electron chi connectivity index (χ4n) is 1.22. The highest BCUT2D eigenvalue weighted by Gasteiger charge is 2.07. The van der Waals surface area contributed by atoms with Gasteiger partial charge in [0.1, 0.15) is 6.61 Å². The molecule has 1 aromatic heterocycles. The Hall–Kier alpha value is -2.16. The van der Waals surface area contributed by atoms with Gasteiger partial charge in [-0.1, -0.05) is 0 Å². The van der Waals surface area contributed by atoms with Crippen LogP contribution in [0.2, 0.25) is 0 Å². The smallest absolute Gasteiger partial charge is 0.346 e. The fraction of sp³-hybridized carbons (Fsp3) is 0.556. The SMILES string of the molecule is Cn1nc(NCCOCC(N)=O)c(=O)n(C)c1=O. The van der Waals surface area contributed by atoms with Gasteiger partial charge in [0.2, 0.25) is 11.7 Å². The van der Waals surface area contributed by atoms with Crippen molar-refractivity contribution < 1.29 is 9.53 Å². The summed E-state index contributed by atoms with van der Waals surface area (Å²) in [5.74, 6) is -0.520. The molecule has 0 saturated carbocycles. The maximum absolute atomic E-state index is 11.6. The second-order valence-electron chi connectivity index (χ2n) is 3.56. The van der Waals surface area contributed by atoms with Crippen molar-refractivity contribution in [2.45, 2.75) is 0 Å². The highest BCUT2D eigenvalue weighted by atomic mass is 16.5. The molecule has 1 amide bonds. The van der Waals surface area contributed by atoms with E-state index < -0.39 is 17.2 Å². The Morgan fingerprint density at radius 2 is 2.11 bits per heavy atom. The summed E-state index contributed by atoms with van der Waals surface area (Å²) < 4.78 is 6.89. The lowest BCUT2D eigenvalue weighted by atomic mass is 10.6. The van der Waals surface area contributed by atoms with E-state index >= 15 is 0 Å². The largest absolute Gasteiger partial charge is 0.370 e. The molecule has 0 aliphatic heterocycles. The monoisotopic (exact) mass is 257 g/mol. The van der Waals surface area contributed by atoms with Crippen LogP contribution in [0.5, 0.6) is 0 Å². The normalized spacial score (nSPS) is 10.3. The predicted molar refractivity (Wildman–Crippen MR) is 63.2 cm³/mol. The van der Waals surface area contributed by atoms with Crippen LogP contribution in [0.3, 0.4) is 0 Å². The second-order valence-corrected chi connectivity index (χ2v) is 3.56. The van der Waals surface area contributed by atoms with Gasteiger partial charge in [-0.25, -0.2) is 9.48 Å². The third-order valence-corrected chi connectivity index (χ3v) is 2.10. The number of carbonyl (C=O) groups is 1. The molecule has 1 heterocycles. The number of primary amides is 1. The number of nitrogens with one attached hydrogen (secondary N) is 1. The molecule has 0 bridgehead atoms. The van der Waals surface area contributed by atoms with E-state index in [0.717, 1.165) is 9.25 Å². The minimum Gasteiger partial charge on any atom is -0.370 e. The van der Waals surface area contributed by atoms with Crippen molar-refractivity contribution in [3.05, 3.63) is 20.8 Å². The minimum atomic E-state index is -0.564. The van der Waals surface area contributed by atoms with Gasteiger partial charge in [-0.05, 0) is 0 Å². The Balaban J connectivity index is 2.61. The van der Waals surface area contributed by atoms with E-state index in [0.29, 0.717) is 0 Å². The van der Waals surface area contributed by atoms with Crippen LogP contribution >= 0.6 is 0 Å². The number of rotatable bonds is 6. The average molecular weight is 257 g/mol. The molecule has 18 heavy (non-hydrogen) atoms. The Bertz CT molecular complexity index is 547. The molecular formula is C9H15N5O4. The highest BCUT2D eigenvalue weighted by molar-refractivity contribution is 5.74. The first kappa shape index (κ1) is 13.9. The lowest BCUT2D eigenvalue weighted by Crippen LogP contribution is -2.40. The van der Waals surface area contributed by atoms with E-state index in [1.165, 1.54) is 14.1 Å². The first-order valence-corrected chi connectivity index (χ1v) is 5.17. The number of hydrogen-bond donors (Lipinski definition) is 2. The Labute approximate surface area is 102 Å². The van der Waals surface area contributed by atoms with E-state index in [1.54, 1.807) is 0 Å². The average Bonchev–Trinajstić information content (AvgIpc) is 2.32. The van der Waals surface area contributed by atoms with Crippen LogP contribution in [-0.2, 0) is 23.6 Å². The third kappa shape index (κ3) is 3.42. The molecule has 3 N–H and O–H groups in total. The molecule has 9 heteroatoms. The molecule has 1 rings (SSSR count).